The van der Waals surface area contributed by atoms with Crippen LogP contribution >= 0.6 is 0 Å². The summed E-state index contributed by atoms with van der Waals surface area (Å²) in [6, 6.07) is 0. The van der Waals surface area contributed by atoms with Crippen LogP contribution in [-0.4, -0.2) is 64.1 Å². The summed E-state index contributed by atoms with van der Waals surface area (Å²) >= 11 is -1.14. The first-order valence-electron chi connectivity index (χ1n) is 10.6. The average Bonchev–Trinajstić information content (AvgIpc) is 2.62. The topological polar surface area (TPSA) is 149 Å². The Morgan fingerprint density at radius 3 is 0.559 bits per heavy atom. The molecule has 0 fully saturated rings. The van der Waals surface area contributed by atoms with Gasteiger partial charge >= 0.3 is 97.0 Å². The third-order valence-electron chi connectivity index (χ3n) is 3.77. The Morgan fingerprint density at radius 2 is 0.559 bits per heavy atom. The number of carboxylic acids is 4. The zero-order chi connectivity index (χ0) is 28.9. The predicted molar refractivity (Wildman–Crippen MR) is 142 cm³/mol. The van der Waals surface area contributed by atoms with E-state index in [0.717, 1.165) is 11.8 Å². The predicted octanol–water partition coefficient (Wildman–Crippen LogP) is 6.03. The SMILES string of the molecule is C=C(C)C(=O)O.C=C(C)C(=O)O.C=C(C)C(=O)O.C=C(C)C(=O)O.C[CH](C)[SnH]([CH](C)C)[CH](C)C. The first-order valence-corrected chi connectivity index (χ1v) is 16.3. The van der Waals surface area contributed by atoms with Crippen LogP contribution in [0.5, 0.6) is 0 Å². The summed E-state index contributed by atoms with van der Waals surface area (Å²) in [7, 11) is 0. The third kappa shape index (κ3) is 37.0. The summed E-state index contributed by atoms with van der Waals surface area (Å²) in [5.41, 5.74) is 0.704. The molecule has 0 bridgehead atoms. The second-order valence-corrected chi connectivity index (χ2v) is 23.4. The van der Waals surface area contributed by atoms with Crippen molar-refractivity contribution in [1.29, 1.82) is 0 Å². The minimum atomic E-state index is -1.14. The molecule has 34 heavy (non-hydrogen) atoms. The number of aliphatic carboxylic acids is 4. The Labute approximate surface area is 212 Å². The van der Waals surface area contributed by atoms with Crippen LogP contribution in [0.15, 0.2) is 48.6 Å². The molecule has 198 valence electrons. The Hall–Kier alpha value is -2.36. The van der Waals surface area contributed by atoms with E-state index in [1.807, 2.05) is 0 Å². The summed E-state index contributed by atoms with van der Waals surface area (Å²) in [6.45, 7) is 32.9. The fourth-order valence-electron chi connectivity index (χ4n) is 2.31. The minimum absolute atomic E-state index is 0.176. The first-order chi connectivity index (χ1) is 15.0. The normalized spacial score (nSPS) is 9.00. The molecule has 0 unspecified atom stereocenters. The van der Waals surface area contributed by atoms with Crippen LogP contribution in [-0.2, 0) is 19.2 Å². The van der Waals surface area contributed by atoms with Gasteiger partial charge in [0.25, 0.3) is 0 Å². The monoisotopic (exact) mass is 594 g/mol. The summed E-state index contributed by atoms with van der Waals surface area (Å²) in [5.74, 6) is -3.74. The Morgan fingerprint density at radius 1 is 0.471 bits per heavy atom. The van der Waals surface area contributed by atoms with Crippen LogP contribution in [0.25, 0.3) is 0 Å². The molecule has 0 aliphatic carbocycles. The zero-order valence-corrected chi connectivity index (χ0v) is 25.9. The molecule has 0 spiro atoms. The zero-order valence-electron chi connectivity index (χ0n) is 22.6. The van der Waals surface area contributed by atoms with Gasteiger partial charge in [0.15, 0.2) is 0 Å². The quantitative estimate of drug-likeness (QED) is 0.207. The summed E-state index contributed by atoms with van der Waals surface area (Å²) in [6.07, 6.45) is 0. The molecule has 0 radical (unpaired) electrons. The van der Waals surface area contributed by atoms with Gasteiger partial charge < -0.3 is 20.4 Å². The van der Waals surface area contributed by atoms with E-state index in [-0.39, 0.29) is 22.3 Å². The van der Waals surface area contributed by atoms with E-state index in [4.69, 9.17) is 20.4 Å². The van der Waals surface area contributed by atoms with Gasteiger partial charge in [-0.3, -0.25) is 0 Å². The van der Waals surface area contributed by atoms with Crippen LogP contribution in [0, 0.1) is 0 Å². The van der Waals surface area contributed by atoms with Gasteiger partial charge in [-0.05, 0) is 27.7 Å². The number of carboxylic acid groups (broad SMARTS) is 4. The molecule has 0 aromatic rings. The van der Waals surface area contributed by atoms with Gasteiger partial charge in [-0.1, -0.05) is 26.3 Å². The molecule has 9 heteroatoms. The maximum absolute atomic E-state index is 9.60. The molecule has 0 rings (SSSR count). The molecule has 0 aromatic heterocycles. The molecule has 0 aliphatic heterocycles. The number of carbonyl (C=O) groups is 4. The fourth-order valence-corrected chi connectivity index (χ4v) is 15.5. The Kier molecular flexibility index (Phi) is 29.3. The van der Waals surface area contributed by atoms with Gasteiger partial charge in [0.2, 0.25) is 0 Å². The van der Waals surface area contributed by atoms with Crippen molar-refractivity contribution in [1.82, 2.24) is 0 Å². The molecule has 8 nitrogen and oxygen atoms in total. The fraction of sp³-hybridized carbons (Fsp3) is 0.520. The third-order valence-corrected chi connectivity index (χ3v) is 17.0. The van der Waals surface area contributed by atoms with Crippen molar-refractivity contribution in [3.63, 3.8) is 0 Å². The molecule has 0 saturated heterocycles. The van der Waals surface area contributed by atoms with Crippen molar-refractivity contribution in [3.8, 4) is 0 Å². The van der Waals surface area contributed by atoms with Crippen molar-refractivity contribution >= 4 is 43.6 Å². The van der Waals surface area contributed by atoms with E-state index in [1.165, 1.54) is 27.7 Å². The summed E-state index contributed by atoms with van der Waals surface area (Å²) in [5, 5.41) is 31.6. The van der Waals surface area contributed by atoms with Gasteiger partial charge in [-0.25, -0.2) is 19.2 Å². The summed E-state index contributed by atoms with van der Waals surface area (Å²) < 4.78 is 3.13. The second kappa shape index (κ2) is 23.8. The number of rotatable bonds is 7. The second-order valence-electron chi connectivity index (χ2n) is 8.65. The molecule has 4 N–H and O–H groups in total. The van der Waals surface area contributed by atoms with E-state index >= 15 is 0 Å². The van der Waals surface area contributed by atoms with E-state index < -0.39 is 43.6 Å². The number of hydrogen-bond acceptors (Lipinski definition) is 4. The van der Waals surface area contributed by atoms with Crippen LogP contribution in [0.2, 0.25) is 11.8 Å². The van der Waals surface area contributed by atoms with Crippen LogP contribution < -0.4 is 0 Å². The van der Waals surface area contributed by atoms with Crippen LogP contribution in [0.1, 0.15) is 69.2 Å². The van der Waals surface area contributed by atoms with E-state index in [0.29, 0.717) is 0 Å². The van der Waals surface area contributed by atoms with Gasteiger partial charge in [0.1, 0.15) is 0 Å². The summed E-state index contributed by atoms with van der Waals surface area (Å²) in [4.78, 5) is 38.4. The molecule has 0 aliphatic rings. The van der Waals surface area contributed by atoms with Gasteiger partial charge in [-0.2, -0.15) is 0 Å². The van der Waals surface area contributed by atoms with Gasteiger partial charge in [0.05, 0.1) is 0 Å². The van der Waals surface area contributed by atoms with Crippen molar-refractivity contribution in [2.75, 3.05) is 0 Å². The van der Waals surface area contributed by atoms with Crippen LogP contribution in [0.4, 0.5) is 0 Å². The van der Waals surface area contributed by atoms with Gasteiger partial charge in [-0.15, -0.1) is 0 Å². The average molecular weight is 593 g/mol. The maximum atomic E-state index is 9.60. The Balaban J connectivity index is -0.000000105. The molecule has 0 saturated carbocycles. The van der Waals surface area contributed by atoms with Crippen LogP contribution in [0.3, 0.4) is 0 Å². The standard InChI is InChI=1S/4C4H6O2.3C3H7.Sn.H/c4*1-3(2)4(5)6;3*1-3-2;;/h4*1H2,2H3,(H,5,6);3*3H,1-2H3;;. The molecule has 0 aromatic carbocycles. The molecule has 0 atom stereocenters. The molecule has 0 amide bonds. The molecule has 0 heterocycles. The van der Waals surface area contributed by atoms with E-state index in [2.05, 4.69) is 67.9 Å². The molecular weight excluding hydrogens is 547 g/mol. The number of hydrogen-bond donors (Lipinski definition) is 4. The van der Waals surface area contributed by atoms with Gasteiger partial charge in [0, 0.05) is 22.3 Å². The van der Waals surface area contributed by atoms with Crippen molar-refractivity contribution < 1.29 is 39.6 Å². The first kappa shape index (κ1) is 41.9. The van der Waals surface area contributed by atoms with Crippen molar-refractivity contribution in [2.45, 2.75) is 81.0 Å². The van der Waals surface area contributed by atoms with E-state index in [9.17, 15) is 19.2 Å². The van der Waals surface area contributed by atoms with E-state index in [1.54, 1.807) is 0 Å². The molecular formula is C25H46O8Sn. The van der Waals surface area contributed by atoms with Crippen molar-refractivity contribution in [3.05, 3.63) is 48.6 Å². The van der Waals surface area contributed by atoms with Crippen molar-refractivity contribution in [2.24, 2.45) is 0 Å². The Bertz CT molecular complexity index is 541.